The summed E-state index contributed by atoms with van der Waals surface area (Å²) in [4.78, 5) is 4.55. The molecule has 0 bridgehead atoms. The number of nitrogens with one attached hydrogen (secondary N) is 1. The van der Waals surface area contributed by atoms with Crippen LogP contribution in [-0.4, -0.2) is 4.98 Å². The molecule has 0 saturated heterocycles. The van der Waals surface area contributed by atoms with Gasteiger partial charge in [0.15, 0.2) is 0 Å². The number of aryl methyl sites for hydroxylation is 2. The second-order valence-electron chi connectivity index (χ2n) is 4.91. The zero-order valence-electron chi connectivity index (χ0n) is 11.4. The maximum Gasteiger partial charge on any atom is 0.0726 e. The first-order valence-corrected chi connectivity index (χ1v) is 6.91. The van der Waals surface area contributed by atoms with Gasteiger partial charge in [0, 0.05) is 27.5 Å². The van der Waals surface area contributed by atoms with Gasteiger partial charge in [0.1, 0.15) is 0 Å². The third-order valence-corrected chi connectivity index (χ3v) is 3.55. The summed E-state index contributed by atoms with van der Waals surface area (Å²) >= 11 is 6.08. The van der Waals surface area contributed by atoms with E-state index in [2.05, 4.69) is 29.4 Å². The number of aromatic nitrogens is 1. The van der Waals surface area contributed by atoms with Crippen LogP contribution >= 0.6 is 11.6 Å². The van der Waals surface area contributed by atoms with Gasteiger partial charge in [-0.3, -0.25) is 4.98 Å². The third kappa shape index (κ3) is 2.47. The molecule has 1 N–H and O–H groups in total. The van der Waals surface area contributed by atoms with Crippen molar-refractivity contribution < 1.29 is 0 Å². The minimum atomic E-state index is 0.730. The first-order valence-electron chi connectivity index (χ1n) is 6.53. The molecule has 0 fully saturated rings. The van der Waals surface area contributed by atoms with Gasteiger partial charge in [-0.15, -0.1) is 0 Å². The lowest BCUT2D eigenvalue weighted by molar-refractivity contribution is 1.25. The van der Waals surface area contributed by atoms with Crippen LogP contribution in [0.4, 0.5) is 11.4 Å². The van der Waals surface area contributed by atoms with E-state index in [1.165, 1.54) is 0 Å². The summed E-state index contributed by atoms with van der Waals surface area (Å²) in [5, 5.41) is 5.31. The summed E-state index contributed by atoms with van der Waals surface area (Å²) in [6, 6.07) is 16.0. The van der Waals surface area contributed by atoms with E-state index in [0.29, 0.717) is 0 Å². The molecule has 0 amide bonds. The van der Waals surface area contributed by atoms with Crippen LogP contribution in [-0.2, 0) is 0 Å². The van der Waals surface area contributed by atoms with Crippen molar-refractivity contribution in [2.75, 3.05) is 5.32 Å². The Kier molecular flexibility index (Phi) is 3.33. The van der Waals surface area contributed by atoms with Crippen molar-refractivity contribution >= 4 is 33.9 Å². The minimum Gasteiger partial charge on any atom is -0.355 e. The molecule has 0 unspecified atom stereocenters. The van der Waals surface area contributed by atoms with Crippen molar-refractivity contribution in [3.63, 3.8) is 0 Å². The van der Waals surface area contributed by atoms with Crippen LogP contribution in [0.3, 0.4) is 0 Å². The van der Waals surface area contributed by atoms with E-state index in [1.54, 1.807) is 0 Å². The Hall–Kier alpha value is -2.06. The van der Waals surface area contributed by atoms with Gasteiger partial charge in [-0.25, -0.2) is 0 Å². The Morgan fingerprint density at radius 2 is 1.75 bits per heavy atom. The Bertz CT molecular complexity index is 781. The molecule has 0 spiro atoms. The van der Waals surface area contributed by atoms with Crippen LogP contribution in [0.2, 0.25) is 5.02 Å². The van der Waals surface area contributed by atoms with Crippen molar-refractivity contribution in [2.45, 2.75) is 13.8 Å². The molecule has 0 aliphatic carbocycles. The molecule has 0 aliphatic rings. The molecule has 100 valence electrons. The van der Waals surface area contributed by atoms with E-state index in [-0.39, 0.29) is 0 Å². The summed E-state index contributed by atoms with van der Waals surface area (Å²) in [6.07, 6.45) is 0. The zero-order chi connectivity index (χ0) is 14.1. The number of halogens is 1. The molecular formula is C17H15ClN2. The molecule has 2 aromatic carbocycles. The smallest absolute Gasteiger partial charge is 0.0726 e. The Morgan fingerprint density at radius 3 is 2.60 bits per heavy atom. The molecule has 1 heterocycles. The predicted molar refractivity (Wildman–Crippen MR) is 86.0 cm³/mol. The van der Waals surface area contributed by atoms with Crippen molar-refractivity contribution in [1.82, 2.24) is 4.98 Å². The summed E-state index contributed by atoms with van der Waals surface area (Å²) in [5.41, 5.74) is 5.22. The van der Waals surface area contributed by atoms with Crippen molar-refractivity contribution in [1.29, 1.82) is 0 Å². The van der Waals surface area contributed by atoms with Gasteiger partial charge in [-0.1, -0.05) is 35.9 Å². The topological polar surface area (TPSA) is 24.9 Å². The van der Waals surface area contributed by atoms with Gasteiger partial charge in [0.25, 0.3) is 0 Å². The summed E-state index contributed by atoms with van der Waals surface area (Å²) in [6.45, 7) is 4.07. The average molecular weight is 283 g/mol. The first kappa shape index (κ1) is 12.9. The lowest BCUT2D eigenvalue weighted by Crippen LogP contribution is -1.96. The highest BCUT2D eigenvalue weighted by Gasteiger charge is 2.06. The SMILES string of the molecule is Cc1cc(Nc2cc(Cl)ccc2C)c2ccccc2n1. The fourth-order valence-electron chi connectivity index (χ4n) is 2.29. The normalized spacial score (nSPS) is 10.8. The molecule has 2 nitrogen and oxygen atoms in total. The van der Waals surface area contributed by atoms with Crippen LogP contribution < -0.4 is 5.32 Å². The molecular weight excluding hydrogens is 268 g/mol. The van der Waals surface area contributed by atoms with E-state index in [1.807, 2.05) is 43.3 Å². The highest BCUT2D eigenvalue weighted by molar-refractivity contribution is 6.30. The van der Waals surface area contributed by atoms with Crippen molar-refractivity contribution in [3.8, 4) is 0 Å². The van der Waals surface area contributed by atoms with Gasteiger partial charge < -0.3 is 5.32 Å². The molecule has 0 atom stereocenters. The van der Waals surface area contributed by atoms with Gasteiger partial charge in [0.2, 0.25) is 0 Å². The van der Waals surface area contributed by atoms with E-state index in [9.17, 15) is 0 Å². The number of hydrogen-bond acceptors (Lipinski definition) is 2. The lowest BCUT2D eigenvalue weighted by Gasteiger charge is -2.13. The number of fused-ring (bicyclic) bond motifs is 1. The van der Waals surface area contributed by atoms with Crippen molar-refractivity contribution in [2.24, 2.45) is 0 Å². The zero-order valence-corrected chi connectivity index (χ0v) is 12.2. The van der Waals surface area contributed by atoms with Crippen LogP contribution in [0.5, 0.6) is 0 Å². The number of anilines is 2. The fraction of sp³-hybridized carbons (Fsp3) is 0.118. The Balaban J connectivity index is 2.13. The fourth-order valence-corrected chi connectivity index (χ4v) is 2.46. The molecule has 3 rings (SSSR count). The van der Waals surface area contributed by atoms with E-state index < -0.39 is 0 Å². The quantitative estimate of drug-likeness (QED) is 0.694. The maximum atomic E-state index is 6.08. The summed E-state index contributed by atoms with van der Waals surface area (Å²) in [5.74, 6) is 0. The molecule has 1 aromatic heterocycles. The number of hydrogen-bond donors (Lipinski definition) is 1. The monoisotopic (exact) mass is 282 g/mol. The molecule has 20 heavy (non-hydrogen) atoms. The molecule has 0 radical (unpaired) electrons. The standard InChI is InChI=1S/C17H15ClN2/c1-11-7-8-13(18)10-16(11)20-17-9-12(2)19-15-6-4-3-5-14(15)17/h3-10H,1-2H3,(H,19,20). The summed E-state index contributed by atoms with van der Waals surface area (Å²) < 4.78 is 0. The van der Waals surface area contributed by atoms with Crippen LogP contribution in [0.1, 0.15) is 11.3 Å². The van der Waals surface area contributed by atoms with Gasteiger partial charge in [-0.05, 0) is 43.7 Å². The average Bonchev–Trinajstić information content (AvgIpc) is 2.43. The van der Waals surface area contributed by atoms with E-state index in [0.717, 1.165) is 38.6 Å². The van der Waals surface area contributed by atoms with Crippen molar-refractivity contribution in [3.05, 3.63) is 64.8 Å². The molecule has 0 saturated carbocycles. The number of nitrogens with zero attached hydrogens (tertiary/aromatic N) is 1. The third-order valence-electron chi connectivity index (χ3n) is 3.31. The van der Waals surface area contributed by atoms with Crippen LogP contribution in [0.25, 0.3) is 10.9 Å². The number of pyridine rings is 1. The highest BCUT2D eigenvalue weighted by atomic mass is 35.5. The van der Waals surface area contributed by atoms with E-state index >= 15 is 0 Å². The Morgan fingerprint density at radius 1 is 0.950 bits per heavy atom. The number of rotatable bonds is 2. The largest absolute Gasteiger partial charge is 0.355 e. The van der Waals surface area contributed by atoms with E-state index in [4.69, 9.17) is 11.6 Å². The molecule has 3 heteroatoms. The van der Waals surface area contributed by atoms with Gasteiger partial charge >= 0.3 is 0 Å². The second-order valence-corrected chi connectivity index (χ2v) is 5.35. The second kappa shape index (κ2) is 5.14. The maximum absolute atomic E-state index is 6.08. The van der Waals surface area contributed by atoms with Crippen LogP contribution in [0, 0.1) is 13.8 Å². The molecule has 0 aliphatic heterocycles. The van der Waals surface area contributed by atoms with Gasteiger partial charge in [-0.2, -0.15) is 0 Å². The van der Waals surface area contributed by atoms with Crippen LogP contribution in [0.15, 0.2) is 48.5 Å². The van der Waals surface area contributed by atoms with Gasteiger partial charge in [0.05, 0.1) is 5.52 Å². The number of benzene rings is 2. The highest BCUT2D eigenvalue weighted by Crippen LogP contribution is 2.29. The molecule has 3 aromatic rings. The number of para-hydroxylation sites is 1. The predicted octanol–water partition coefficient (Wildman–Crippen LogP) is 5.25. The summed E-state index contributed by atoms with van der Waals surface area (Å²) in [7, 11) is 0. The Labute approximate surface area is 123 Å². The minimum absolute atomic E-state index is 0.730. The lowest BCUT2D eigenvalue weighted by atomic mass is 10.1. The first-order chi connectivity index (χ1) is 9.63.